The van der Waals surface area contributed by atoms with Crippen LogP contribution in [0.5, 0.6) is 0 Å². The first-order chi connectivity index (χ1) is 11.0. The van der Waals surface area contributed by atoms with Crippen molar-refractivity contribution < 1.29 is 5.11 Å². The van der Waals surface area contributed by atoms with Crippen LogP contribution in [-0.2, 0) is 6.42 Å². The summed E-state index contributed by atoms with van der Waals surface area (Å²) < 4.78 is 0. The molecule has 3 nitrogen and oxygen atoms in total. The fourth-order valence-corrected chi connectivity index (χ4v) is 6.01. The van der Waals surface area contributed by atoms with E-state index in [1.54, 1.807) is 6.08 Å². The highest BCUT2D eigenvalue weighted by atomic mass is 16.3. The van der Waals surface area contributed by atoms with Crippen LogP contribution in [0.2, 0.25) is 0 Å². The largest absolute Gasteiger partial charge is 0.385 e. The zero-order valence-electron chi connectivity index (χ0n) is 13.8. The van der Waals surface area contributed by atoms with Crippen molar-refractivity contribution in [3.8, 4) is 0 Å². The summed E-state index contributed by atoms with van der Waals surface area (Å²) in [6.07, 6.45) is 8.10. The summed E-state index contributed by atoms with van der Waals surface area (Å²) in [5.41, 5.74) is 2.55. The van der Waals surface area contributed by atoms with E-state index in [4.69, 9.17) is 0 Å². The maximum atomic E-state index is 11.0. The van der Waals surface area contributed by atoms with Gasteiger partial charge in [-0.3, -0.25) is 0 Å². The number of aliphatic hydroxyl groups is 1. The molecule has 2 fully saturated rings. The Bertz CT molecular complexity index is 670. The molecule has 2 saturated carbocycles. The van der Waals surface area contributed by atoms with E-state index in [9.17, 15) is 10.0 Å². The summed E-state index contributed by atoms with van der Waals surface area (Å²) in [6, 6.07) is 5.96. The second kappa shape index (κ2) is 5.01. The molecule has 0 saturated heterocycles. The molecule has 3 aliphatic carbocycles. The minimum Gasteiger partial charge on any atom is -0.385 e. The Kier molecular flexibility index (Phi) is 3.28. The molecule has 3 heteroatoms. The normalized spacial score (nSPS) is 41.6. The zero-order valence-corrected chi connectivity index (χ0v) is 13.8. The van der Waals surface area contributed by atoms with E-state index >= 15 is 0 Å². The van der Waals surface area contributed by atoms with Gasteiger partial charge in [-0.05, 0) is 84.7 Å². The van der Waals surface area contributed by atoms with E-state index in [0.29, 0.717) is 23.4 Å². The molecule has 1 aromatic rings. The summed E-state index contributed by atoms with van der Waals surface area (Å²) in [5.74, 6) is 1.79. The Balaban J connectivity index is 1.70. The van der Waals surface area contributed by atoms with Gasteiger partial charge in [-0.1, -0.05) is 19.1 Å². The zero-order chi connectivity index (χ0) is 16.2. The number of hydrogen-bond acceptors (Lipinski definition) is 3. The van der Waals surface area contributed by atoms with Crippen molar-refractivity contribution in [3.63, 3.8) is 0 Å². The van der Waals surface area contributed by atoms with Crippen molar-refractivity contribution >= 4 is 5.69 Å². The molecule has 0 amide bonds. The van der Waals surface area contributed by atoms with Gasteiger partial charge in [0.15, 0.2) is 0 Å². The molecule has 0 aromatic heterocycles. The van der Waals surface area contributed by atoms with Gasteiger partial charge in [0, 0.05) is 5.41 Å². The Hall–Kier alpha value is -1.48. The summed E-state index contributed by atoms with van der Waals surface area (Å²) in [6.45, 7) is 6.20. The van der Waals surface area contributed by atoms with E-state index in [0.717, 1.165) is 38.5 Å². The lowest BCUT2D eigenvalue weighted by molar-refractivity contribution is -0.0707. The summed E-state index contributed by atoms with van der Waals surface area (Å²) in [5, 5.41) is 14.1. The van der Waals surface area contributed by atoms with Gasteiger partial charge in [0.05, 0.1) is 5.60 Å². The van der Waals surface area contributed by atoms with Gasteiger partial charge in [-0.15, -0.1) is 11.5 Å². The van der Waals surface area contributed by atoms with Gasteiger partial charge < -0.3 is 5.11 Å². The molecule has 3 aliphatic rings. The first-order valence-electron chi connectivity index (χ1n) is 8.84. The molecule has 0 heterocycles. The fourth-order valence-electron chi connectivity index (χ4n) is 6.01. The second-order valence-corrected chi connectivity index (χ2v) is 8.01. The first-order valence-corrected chi connectivity index (χ1v) is 8.84. The van der Waals surface area contributed by atoms with Crippen LogP contribution in [0.15, 0.2) is 36.0 Å². The first kappa shape index (κ1) is 15.1. The standard InChI is InChI=1S/C20H25NO2/c1-3-20(22)11-9-18-17-6-4-13-12-14(21-23)5-7-15(13)16(17)8-10-19(18,20)2/h3,5,7,12,16-18,22H,1,4,6,8-11H2,2H3/t16?,17?,18?,19?,20-/m0/s1. The number of rotatable bonds is 2. The van der Waals surface area contributed by atoms with Crippen LogP contribution in [0, 0.1) is 22.2 Å². The van der Waals surface area contributed by atoms with E-state index in [1.165, 1.54) is 11.1 Å². The Morgan fingerprint density at radius 2 is 2.13 bits per heavy atom. The van der Waals surface area contributed by atoms with Gasteiger partial charge >= 0.3 is 0 Å². The molecule has 4 rings (SSSR count). The molecular weight excluding hydrogens is 286 g/mol. The van der Waals surface area contributed by atoms with Crippen LogP contribution < -0.4 is 0 Å². The van der Waals surface area contributed by atoms with Crippen LogP contribution in [0.1, 0.15) is 56.1 Å². The van der Waals surface area contributed by atoms with Crippen molar-refractivity contribution in [1.29, 1.82) is 0 Å². The van der Waals surface area contributed by atoms with Crippen molar-refractivity contribution in [2.24, 2.45) is 22.4 Å². The predicted molar refractivity (Wildman–Crippen MR) is 91.7 cm³/mol. The lowest BCUT2D eigenvalue weighted by atomic mass is 9.53. The van der Waals surface area contributed by atoms with E-state index < -0.39 is 5.60 Å². The third kappa shape index (κ3) is 1.92. The topological polar surface area (TPSA) is 49.7 Å². The van der Waals surface area contributed by atoms with Gasteiger partial charge in [0.1, 0.15) is 5.69 Å². The van der Waals surface area contributed by atoms with Crippen molar-refractivity contribution in [2.45, 2.75) is 57.0 Å². The quantitative estimate of drug-likeness (QED) is 0.626. The maximum absolute atomic E-state index is 11.0. The molecular formula is C20H25NO2. The molecule has 1 N–H and O–H groups in total. The molecule has 23 heavy (non-hydrogen) atoms. The van der Waals surface area contributed by atoms with Gasteiger partial charge in [-0.2, -0.15) is 0 Å². The number of hydrogen-bond donors (Lipinski definition) is 1. The maximum Gasteiger partial charge on any atom is 0.108 e. The Morgan fingerprint density at radius 3 is 2.87 bits per heavy atom. The molecule has 0 aliphatic heterocycles. The molecule has 5 atom stereocenters. The number of nitroso groups, excluding NO2 is 1. The van der Waals surface area contributed by atoms with Gasteiger partial charge in [0.2, 0.25) is 0 Å². The monoisotopic (exact) mass is 311 g/mol. The molecule has 4 unspecified atom stereocenters. The summed E-state index contributed by atoms with van der Waals surface area (Å²) in [7, 11) is 0. The summed E-state index contributed by atoms with van der Waals surface area (Å²) >= 11 is 0. The van der Waals surface area contributed by atoms with Crippen LogP contribution in [0.25, 0.3) is 0 Å². The van der Waals surface area contributed by atoms with Crippen LogP contribution in [0.3, 0.4) is 0 Å². The van der Waals surface area contributed by atoms with Crippen LogP contribution in [0.4, 0.5) is 5.69 Å². The third-order valence-electron chi connectivity index (χ3n) is 7.37. The summed E-state index contributed by atoms with van der Waals surface area (Å²) in [4.78, 5) is 10.8. The lowest BCUT2D eigenvalue weighted by Gasteiger charge is -2.52. The van der Waals surface area contributed by atoms with Crippen LogP contribution in [-0.4, -0.2) is 10.7 Å². The van der Waals surface area contributed by atoms with Crippen molar-refractivity contribution in [1.82, 2.24) is 0 Å². The Morgan fingerprint density at radius 1 is 1.30 bits per heavy atom. The highest BCUT2D eigenvalue weighted by Gasteiger charge is 2.60. The van der Waals surface area contributed by atoms with Gasteiger partial charge in [0.25, 0.3) is 0 Å². The average molecular weight is 311 g/mol. The minimum atomic E-state index is -0.700. The number of benzene rings is 1. The second-order valence-electron chi connectivity index (χ2n) is 8.01. The third-order valence-corrected chi connectivity index (χ3v) is 7.37. The molecule has 1 aromatic carbocycles. The van der Waals surface area contributed by atoms with Gasteiger partial charge in [-0.25, -0.2) is 0 Å². The van der Waals surface area contributed by atoms with E-state index in [2.05, 4.69) is 24.7 Å². The average Bonchev–Trinajstić information content (AvgIpc) is 2.86. The van der Waals surface area contributed by atoms with Crippen molar-refractivity contribution in [3.05, 3.63) is 46.9 Å². The predicted octanol–water partition coefficient (Wildman–Crippen LogP) is 4.86. The lowest BCUT2D eigenvalue weighted by Crippen LogP contribution is -2.49. The number of aryl methyl sites for hydroxylation is 1. The van der Waals surface area contributed by atoms with E-state index in [1.807, 2.05) is 12.1 Å². The van der Waals surface area contributed by atoms with Crippen molar-refractivity contribution in [2.75, 3.05) is 0 Å². The number of nitrogens with zero attached hydrogens (tertiary/aromatic N) is 1. The highest BCUT2D eigenvalue weighted by Crippen LogP contribution is 2.64. The van der Waals surface area contributed by atoms with Crippen LogP contribution >= 0.6 is 0 Å². The molecule has 0 bridgehead atoms. The number of fused-ring (bicyclic) bond motifs is 5. The SMILES string of the molecule is C=C[C@]1(O)CCC2C3CCc4cc(N=O)ccc4C3CCC21C. The smallest absolute Gasteiger partial charge is 0.108 e. The Labute approximate surface area is 137 Å². The molecule has 122 valence electrons. The van der Waals surface area contributed by atoms with E-state index in [-0.39, 0.29) is 5.41 Å². The molecule has 0 radical (unpaired) electrons. The fraction of sp³-hybridized carbons (Fsp3) is 0.600. The minimum absolute atomic E-state index is 0.0300. The molecule has 0 spiro atoms. The highest BCUT2D eigenvalue weighted by molar-refractivity contribution is 5.47.